The van der Waals surface area contributed by atoms with Crippen LogP contribution in [0, 0.1) is 17.8 Å². The average Bonchev–Trinajstić information content (AvgIpc) is 2.76. The van der Waals surface area contributed by atoms with Crippen LogP contribution in [0.1, 0.15) is 75.6 Å². The highest BCUT2D eigenvalue weighted by atomic mass is 28.4. The number of ketones is 2. The highest BCUT2D eigenvalue weighted by Crippen LogP contribution is 2.51. The van der Waals surface area contributed by atoms with Gasteiger partial charge in [-0.2, -0.15) is 0 Å². The van der Waals surface area contributed by atoms with E-state index >= 15 is 0 Å². The van der Waals surface area contributed by atoms with Crippen molar-refractivity contribution in [2.75, 3.05) is 6.61 Å². The third-order valence-electron chi connectivity index (χ3n) is 8.70. The van der Waals surface area contributed by atoms with Gasteiger partial charge in [0.05, 0.1) is 12.7 Å². The molecule has 184 valence electrons. The monoisotopic (exact) mass is 482 g/mol. The SMILES string of the molecule is CC1=C2[C@@H](CO[Si](C(C)C)(C(C)C)C(C)C)OB(O)C[C@@H]2[C@@H]2C(=O)c3ccccc3C(=O)[C@@H]2C1. The van der Waals surface area contributed by atoms with Crippen LogP contribution in [0.4, 0.5) is 0 Å². The summed E-state index contributed by atoms with van der Waals surface area (Å²) in [5.74, 6) is -0.922. The first kappa shape index (κ1) is 25.6. The van der Waals surface area contributed by atoms with Gasteiger partial charge in [-0.1, -0.05) is 71.4 Å². The Kier molecular flexibility index (Phi) is 7.13. The molecule has 0 saturated carbocycles. The van der Waals surface area contributed by atoms with Gasteiger partial charge in [0.2, 0.25) is 0 Å². The van der Waals surface area contributed by atoms with E-state index in [1.807, 2.05) is 12.1 Å². The van der Waals surface area contributed by atoms with Crippen LogP contribution in [0.3, 0.4) is 0 Å². The van der Waals surface area contributed by atoms with Gasteiger partial charge < -0.3 is 14.1 Å². The maximum atomic E-state index is 13.6. The summed E-state index contributed by atoms with van der Waals surface area (Å²) >= 11 is 0. The molecular weight excluding hydrogens is 443 g/mol. The maximum absolute atomic E-state index is 13.6. The zero-order valence-electron chi connectivity index (χ0n) is 21.6. The Hall–Kier alpha value is -1.54. The van der Waals surface area contributed by atoms with Crippen LogP contribution in [-0.2, 0) is 9.08 Å². The van der Waals surface area contributed by atoms with E-state index in [-0.39, 0.29) is 23.4 Å². The summed E-state index contributed by atoms with van der Waals surface area (Å²) in [6, 6.07) is 7.17. The van der Waals surface area contributed by atoms with Crippen molar-refractivity contribution in [2.45, 2.75) is 83.9 Å². The molecule has 3 aliphatic rings. The summed E-state index contributed by atoms with van der Waals surface area (Å²) in [5.41, 5.74) is 4.57. The van der Waals surface area contributed by atoms with E-state index in [1.54, 1.807) is 12.1 Å². The minimum atomic E-state index is -2.12. The number of carbonyl (C=O) groups excluding carboxylic acids is 2. The lowest BCUT2D eigenvalue weighted by molar-refractivity contribution is 0.0541. The molecule has 1 aromatic carbocycles. The number of carbonyl (C=O) groups is 2. The highest BCUT2D eigenvalue weighted by molar-refractivity contribution is 6.77. The molecule has 0 amide bonds. The van der Waals surface area contributed by atoms with E-state index in [1.165, 1.54) is 0 Å². The van der Waals surface area contributed by atoms with E-state index in [0.29, 0.717) is 47.1 Å². The van der Waals surface area contributed by atoms with Gasteiger partial charge >= 0.3 is 7.12 Å². The van der Waals surface area contributed by atoms with Gasteiger partial charge in [-0.15, -0.1) is 0 Å². The summed E-state index contributed by atoms with van der Waals surface area (Å²) in [4.78, 5) is 27.0. The lowest BCUT2D eigenvalue weighted by Crippen LogP contribution is -2.54. The molecule has 0 unspecified atom stereocenters. The second-order valence-corrected chi connectivity index (χ2v) is 16.9. The van der Waals surface area contributed by atoms with Gasteiger partial charge in [0, 0.05) is 23.0 Å². The van der Waals surface area contributed by atoms with E-state index in [4.69, 9.17) is 9.08 Å². The lowest BCUT2D eigenvalue weighted by atomic mass is 9.54. The normalized spacial score (nSPS) is 27.4. The summed E-state index contributed by atoms with van der Waals surface area (Å²) in [6.45, 7) is 16.0. The maximum Gasteiger partial charge on any atom is 0.455 e. The molecule has 4 atom stereocenters. The minimum absolute atomic E-state index is 0.0271. The molecule has 1 aliphatic heterocycles. The summed E-state index contributed by atoms with van der Waals surface area (Å²) < 4.78 is 12.9. The summed E-state index contributed by atoms with van der Waals surface area (Å²) in [5, 5.41) is 10.7. The number of allylic oxidation sites excluding steroid dienone is 1. The number of hydrogen-bond donors (Lipinski definition) is 1. The van der Waals surface area contributed by atoms with Crippen LogP contribution in [0.5, 0.6) is 0 Å². The van der Waals surface area contributed by atoms with Crippen molar-refractivity contribution in [3.63, 3.8) is 0 Å². The van der Waals surface area contributed by atoms with E-state index in [2.05, 4.69) is 48.5 Å². The van der Waals surface area contributed by atoms with Crippen LogP contribution in [0.2, 0.25) is 22.9 Å². The molecule has 2 aliphatic carbocycles. The van der Waals surface area contributed by atoms with Gasteiger partial charge in [-0.05, 0) is 47.8 Å². The predicted molar refractivity (Wildman–Crippen MR) is 138 cm³/mol. The first-order chi connectivity index (χ1) is 16.0. The average molecular weight is 483 g/mol. The fourth-order valence-electron chi connectivity index (χ4n) is 7.45. The third-order valence-corrected chi connectivity index (χ3v) is 14.8. The van der Waals surface area contributed by atoms with Crippen LogP contribution in [0.15, 0.2) is 35.4 Å². The molecule has 5 nitrogen and oxygen atoms in total. The van der Waals surface area contributed by atoms with Crippen LogP contribution in [0.25, 0.3) is 0 Å². The minimum Gasteiger partial charge on any atom is -0.427 e. The van der Waals surface area contributed by atoms with Crippen molar-refractivity contribution >= 4 is 27.0 Å². The molecule has 0 radical (unpaired) electrons. The Morgan fingerprint density at radius 1 is 1.00 bits per heavy atom. The molecule has 4 rings (SSSR count). The van der Waals surface area contributed by atoms with Crippen LogP contribution >= 0.6 is 0 Å². The van der Waals surface area contributed by atoms with Gasteiger partial charge in [-0.25, -0.2) is 0 Å². The van der Waals surface area contributed by atoms with Crippen LogP contribution < -0.4 is 0 Å². The van der Waals surface area contributed by atoms with Crippen molar-refractivity contribution in [1.29, 1.82) is 0 Å². The van der Waals surface area contributed by atoms with Crippen LogP contribution in [-0.4, -0.2) is 44.7 Å². The summed E-state index contributed by atoms with van der Waals surface area (Å²) in [6.07, 6.45) is 0.511. The fourth-order valence-corrected chi connectivity index (χ4v) is 12.9. The van der Waals surface area contributed by atoms with Gasteiger partial charge in [0.1, 0.15) is 0 Å². The standard InChI is InChI=1S/C27H39BO5Si/c1-15(2)34(16(3)4,17(5)6)32-14-23-24-18(7)12-21-25(22(24)13-28(31)33-23)27(30)20-11-9-8-10-19(20)26(21)29/h8-11,15-17,21-23,25,31H,12-14H2,1-7H3/t21-,22+,23-,25-/m1/s1. The zero-order valence-corrected chi connectivity index (χ0v) is 22.6. The molecular formula is C27H39BO5Si. The highest BCUT2D eigenvalue weighted by Gasteiger charge is 2.54. The number of hydrogen-bond acceptors (Lipinski definition) is 5. The Labute approximate surface area is 205 Å². The van der Waals surface area contributed by atoms with Crippen molar-refractivity contribution in [2.24, 2.45) is 17.8 Å². The molecule has 7 heteroatoms. The molecule has 0 aromatic heterocycles. The second-order valence-electron chi connectivity index (χ2n) is 11.4. The predicted octanol–water partition coefficient (Wildman–Crippen LogP) is 5.71. The molecule has 0 bridgehead atoms. The Morgan fingerprint density at radius 3 is 2.12 bits per heavy atom. The molecule has 1 heterocycles. The molecule has 0 spiro atoms. The molecule has 1 saturated heterocycles. The summed E-state index contributed by atoms with van der Waals surface area (Å²) in [7, 11) is -3.09. The number of fused-ring (bicyclic) bond motifs is 4. The smallest absolute Gasteiger partial charge is 0.427 e. The van der Waals surface area contributed by atoms with Gasteiger partial charge in [-0.3, -0.25) is 9.59 Å². The first-order valence-electron chi connectivity index (χ1n) is 12.8. The molecule has 1 fully saturated rings. The van der Waals surface area contributed by atoms with Crippen molar-refractivity contribution < 1.29 is 23.7 Å². The largest absolute Gasteiger partial charge is 0.455 e. The molecule has 1 aromatic rings. The lowest BCUT2D eigenvalue weighted by Gasteiger charge is -2.48. The number of benzene rings is 1. The Bertz CT molecular complexity index is 979. The quantitative estimate of drug-likeness (QED) is 0.416. The zero-order chi connectivity index (χ0) is 24.9. The Morgan fingerprint density at radius 2 is 1.56 bits per heavy atom. The number of rotatable bonds is 6. The van der Waals surface area contributed by atoms with Crippen molar-refractivity contribution in [3.8, 4) is 0 Å². The van der Waals surface area contributed by atoms with E-state index in [0.717, 1.165) is 11.1 Å². The Balaban J connectivity index is 1.69. The first-order valence-corrected chi connectivity index (χ1v) is 15.0. The van der Waals surface area contributed by atoms with Gasteiger partial charge in [0.15, 0.2) is 19.9 Å². The molecule has 1 N–H and O–H groups in total. The molecule has 34 heavy (non-hydrogen) atoms. The van der Waals surface area contributed by atoms with Crippen molar-refractivity contribution in [1.82, 2.24) is 0 Å². The van der Waals surface area contributed by atoms with E-state index < -0.39 is 27.5 Å². The van der Waals surface area contributed by atoms with Gasteiger partial charge in [0.25, 0.3) is 0 Å². The van der Waals surface area contributed by atoms with E-state index in [9.17, 15) is 14.6 Å². The third kappa shape index (κ3) is 3.98. The number of Topliss-reactive ketones (excluding diaryl/α,β-unsaturated/α-hetero) is 2. The van der Waals surface area contributed by atoms with Crippen molar-refractivity contribution in [3.05, 3.63) is 46.5 Å². The topological polar surface area (TPSA) is 72.8 Å². The second kappa shape index (κ2) is 9.49. The fraction of sp³-hybridized carbons (Fsp3) is 0.630.